The number of hydrogen-bond donors (Lipinski definition) is 3. The van der Waals surface area contributed by atoms with E-state index in [4.69, 9.17) is 32.9 Å². The van der Waals surface area contributed by atoms with Crippen LogP contribution >= 0.6 is 0 Å². The van der Waals surface area contributed by atoms with Gasteiger partial charge in [-0.2, -0.15) is 0 Å². The molecule has 0 radical (unpaired) electrons. The van der Waals surface area contributed by atoms with Crippen LogP contribution < -0.4 is 30.4 Å². The van der Waals surface area contributed by atoms with Crippen molar-refractivity contribution in [2.75, 3.05) is 21.3 Å². The van der Waals surface area contributed by atoms with Gasteiger partial charge in [-0.1, -0.05) is 36.4 Å². The van der Waals surface area contributed by atoms with Crippen molar-refractivity contribution in [1.82, 2.24) is 0 Å². The lowest BCUT2D eigenvalue weighted by molar-refractivity contribution is 0.347. The van der Waals surface area contributed by atoms with Gasteiger partial charge >= 0.3 is 21.4 Å². The van der Waals surface area contributed by atoms with Gasteiger partial charge in [0.15, 0.2) is 0 Å². The quantitative estimate of drug-likeness (QED) is 0.195. The molecule has 0 saturated heterocycles. The van der Waals surface area contributed by atoms with E-state index in [-0.39, 0.29) is 17.2 Å². The van der Waals surface area contributed by atoms with Crippen molar-refractivity contribution in [3.8, 4) is 34.5 Å². The Morgan fingerprint density at radius 2 is 0.772 bits per heavy atom. The molecule has 0 atom stereocenters. The minimum atomic E-state index is -0.883. The summed E-state index contributed by atoms with van der Waals surface area (Å²) in [5, 5.41) is 31.2. The lowest BCUT2D eigenvalue weighted by atomic mass is 9.78. The first-order valence-electron chi connectivity index (χ1n) is 17.8. The molecule has 12 nitrogen and oxygen atoms in total. The fraction of sp³-hybridized carbons (Fsp3) is 0.0714. The average molecular weight is 759 g/mol. The topological polar surface area (TPSA) is 153 Å². The van der Waals surface area contributed by atoms with E-state index in [9.17, 15) is 15.3 Å². The summed E-state index contributed by atoms with van der Waals surface area (Å²) in [4.78, 5) is 14.1. The second-order valence-corrected chi connectivity index (χ2v) is 12.8. The highest BCUT2D eigenvalue weighted by atomic mass is 16.6. The molecule has 1 aliphatic heterocycles. The van der Waals surface area contributed by atoms with Crippen LogP contribution in [0.25, 0.3) is 0 Å². The van der Waals surface area contributed by atoms with E-state index in [1.54, 1.807) is 61.1 Å². The van der Waals surface area contributed by atoms with Crippen molar-refractivity contribution < 1.29 is 43.2 Å². The van der Waals surface area contributed by atoms with Crippen LogP contribution in [0.3, 0.4) is 0 Å². The number of aliphatic imine (C=N–C) groups is 3. The monoisotopic (exact) mass is 759 g/mol. The Morgan fingerprint density at radius 1 is 0.404 bits per heavy atom. The average Bonchev–Trinajstić information content (AvgIpc) is 3.23. The van der Waals surface area contributed by atoms with E-state index in [0.717, 1.165) is 0 Å². The molecule has 0 spiro atoms. The van der Waals surface area contributed by atoms with Gasteiger partial charge in [-0.05, 0) is 101 Å². The van der Waals surface area contributed by atoms with Crippen LogP contribution in [-0.4, -0.2) is 76.6 Å². The molecule has 0 unspecified atom stereocenters. The number of aromatic hydroxyl groups is 3. The zero-order valence-electron chi connectivity index (χ0n) is 31.2. The standard InChI is InChI=1S/C42H36B3N3O9/c1-52-43-31-7-4-10-34(21-31)46-25-28-13-14-39(51)24-42(28)57-45(54-3)33-9-6-12-36(23-33)48-27-30-20-38(50)16-18-41(30)56-44(53-2)32-8-5-11-35(22-32)47-26-29-19-37(49)15-17-40(29)55-43/h4-27,49-51H,1-3H3. The SMILES string of the molecule is COB1Oc2ccc(O)cc2C=Nc2cccc(c2)B(OC)Oc2ccc(O)cc2C=Nc2cccc(c2)B(OC)Oc2cc(O)ccc2C=Nc2cccc1c2. The van der Waals surface area contributed by atoms with E-state index in [1.807, 2.05) is 66.7 Å². The summed E-state index contributed by atoms with van der Waals surface area (Å²) in [5.41, 5.74) is 5.34. The van der Waals surface area contributed by atoms with Crippen molar-refractivity contribution in [2.24, 2.45) is 15.0 Å². The summed E-state index contributed by atoms with van der Waals surface area (Å²) < 4.78 is 36.3. The Hall–Kier alpha value is -6.80. The van der Waals surface area contributed by atoms with E-state index in [0.29, 0.717) is 67.4 Å². The van der Waals surface area contributed by atoms with Gasteiger partial charge in [0.2, 0.25) is 0 Å². The third-order valence-electron chi connectivity index (χ3n) is 8.81. The van der Waals surface area contributed by atoms with Crippen LogP contribution in [0.1, 0.15) is 16.7 Å². The summed E-state index contributed by atoms with van der Waals surface area (Å²) in [6.07, 6.45) is 4.80. The Balaban J connectivity index is 1.32. The first kappa shape index (κ1) is 38.5. The molecule has 15 heteroatoms. The second-order valence-electron chi connectivity index (χ2n) is 12.8. The molecule has 0 aromatic heterocycles. The molecule has 7 rings (SSSR count). The number of fused-ring (bicyclic) bond motifs is 9. The molecule has 57 heavy (non-hydrogen) atoms. The lowest BCUT2D eigenvalue weighted by Crippen LogP contribution is -2.39. The Morgan fingerprint density at radius 3 is 1.19 bits per heavy atom. The zero-order valence-corrected chi connectivity index (χ0v) is 31.2. The van der Waals surface area contributed by atoms with E-state index < -0.39 is 21.4 Å². The first-order valence-corrected chi connectivity index (χ1v) is 17.8. The van der Waals surface area contributed by atoms with Gasteiger partial charge in [0.25, 0.3) is 0 Å². The number of nitrogens with zero attached hydrogens (tertiary/aromatic N) is 3. The van der Waals surface area contributed by atoms with Crippen LogP contribution in [0.2, 0.25) is 0 Å². The molecule has 0 saturated carbocycles. The van der Waals surface area contributed by atoms with Crippen molar-refractivity contribution in [3.05, 3.63) is 144 Å². The number of rotatable bonds is 3. The van der Waals surface area contributed by atoms with Crippen molar-refractivity contribution in [1.29, 1.82) is 0 Å². The van der Waals surface area contributed by atoms with Gasteiger partial charge in [-0.15, -0.1) is 0 Å². The van der Waals surface area contributed by atoms with Gasteiger partial charge in [0, 0.05) is 62.7 Å². The van der Waals surface area contributed by atoms with E-state index in [1.165, 1.54) is 39.5 Å². The highest BCUT2D eigenvalue weighted by molar-refractivity contribution is 6.63. The molecular weight excluding hydrogens is 723 g/mol. The fourth-order valence-electron chi connectivity index (χ4n) is 6.01. The van der Waals surface area contributed by atoms with E-state index in [2.05, 4.69) is 9.98 Å². The zero-order chi connectivity index (χ0) is 39.7. The Labute approximate surface area is 330 Å². The molecule has 282 valence electrons. The predicted molar refractivity (Wildman–Crippen MR) is 224 cm³/mol. The summed E-state index contributed by atoms with van der Waals surface area (Å²) >= 11 is 0. The van der Waals surface area contributed by atoms with Gasteiger partial charge in [0.1, 0.15) is 34.5 Å². The molecule has 6 aromatic carbocycles. The Kier molecular flexibility index (Phi) is 12.0. The van der Waals surface area contributed by atoms with Gasteiger partial charge in [-0.3, -0.25) is 15.0 Å². The van der Waals surface area contributed by atoms with Gasteiger partial charge in [0.05, 0.1) is 17.1 Å². The minimum Gasteiger partial charge on any atom is -0.532 e. The minimum absolute atomic E-state index is 0.00113. The third kappa shape index (κ3) is 9.54. The summed E-state index contributed by atoms with van der Waals surface area (Å²) in [6.45, 7) is 0. The highest BCUT2D eigenvalue weighted by Crippen LogP contribution is 2.28. The number of benzene rings is 6. The summed E-state index contributed by atoms with van der Waals surface area (Å²) in [7, 11) is 1.99. The molecule has 1 aliphatic rings. The molecular formula is C42H36B3N3O9. The van der Waals surface area contributed by atoms with Crippen LogP contribution in [0.15, 0.2) is 142 Å². The lowest BCUT2D eigenvalue weighted by Gasteiger charge is -2.16. The molecule has 1 heterocycles. The first-order chi connectivity index (χ1) is 27.8. The molecule has 0 amide bonds. The smallest absolute Gasteiger partial charge is 0.532 e. The summed E-state index contributed by atoms with van der Waals surface area (Å²) in [6, 6.07) is 36.1. The normalized spacial score (nSPS) is 13.0. The molecule has 3 N–H and O–H groups in total. The largest absolute Gasteiger partial charge is 0.562 e. The van der Waals surface area contributed by atoms with Crippen molar-refractivity contribution >= 4 is 73.4 Å². The highest BCUT2D eigenvalue weighted by Gasteiger charge is 2.27. The van der Waals surface area contributed by atoms with Gasteiger partial charge < -0.3 is 43.2 Å². The Bertz CT molecular complexity index is 2460. The maximum atomic E-state index is 10.4. The van der Waals surface area contributed by atoms with Crippen molar-refractivity contribution in [3.63, 3.8) is 0 Å². The fourth-order valence-corrected chi connectivity index (χ4v) is 6.01. The van der Waals surface area contributed by atoms with Crippen molar-refractivity contribution in [2.45, 2.75) is 0 Å². The van der Waals surface area contributed by atoms with E-state index >= 15 is 0 Å². The van der Waals surface area contributed by atoms with Crippen LogP contribution in [0, 0.1) is 0 Å². The molecule has 6 bridgehead atoms. The van der Waals surface area contributed by atoms with Crippen LogP contribution in [0.4, 0.5) is 17.1 Å². The number of hydrogen-bond acceptors (Lipinski definition) is 12. The second kappa shape index (κ2) is 17.8. The predicted octanol–water partition coefficient (Wildman–Crippen LogP) is 5.63. The molecule has 0 fully saturated rings. The van der Waals surface area contributed by atoms with Crippen LogP contribution in [-0.2, 0) is 14.0 Å². The number of phenolic OH excluding ortho intramolecular Hbond substituents is 3. The van der Waals surface area contributed by atoms with Crippen LogP contribution in [0.5, 0.6) is 34.5 Å². The maximum Gasteiger partial charge on any atom is 0.562 e. The summed E-state index contributed by atoms with van der Waals surface area (Å²) in [5.74, 6) is 1.19. The molecule has 6 aromatic rings. The maximum absolute atomic E-state index is 10.4. The number of phenols is 3. The molecule has 0 aliphatic carbocycles. The van der Waals surface area contributed by atoms with Gasteiger partial charge in [-0.25, -0.2) is 0 Å². The third-order valence-corrected chi connectivity index (χ3v) is 8.81.